The number of methoxy groups -OCH3 is 1. The summed E-state index contributed by atoms with van der Waals surface area (Å²) in [5.74, 6) is -0.759. The molecule has 0 saturated carbocycles. The molecule has 0 radical (unpaired) electrons. The van der Waals surface area contributed by atoms with Crippen LogP contribution in [0.5, 0.6) is 0 Å². The lowest BCUT2D eigenvalue weighted by atomic mass is 9.98. The third kappa shape index (κ3) is 3.65. The van der Waals surface area contributed by atoms with E-state index in [2.05, 4.69) is 4.72 Å². The van der Waals surface area contributed by atoms with Crippen molar-refractivity contribution in [1.82, 2.24) is 9.62 Å². The number of carbonyl (C=O) groups is 2. The van der Waals surface area contributed by atoms with Crippen LogP contribution in [-0.4, -0.2) is 50.9 Å². The second-order valence-electron chi connectivity index (χ2n) is 5.03. The zero-order valence-electron chi connectivity index (χ0n) is 12.3. The number of likely N-dealkylation sites (tertiary alicyclic amines) is 1. The largest absolute Gasteiger partial charge is 0.467 e. The Kier molecular flexibility index (Phi) is 5.20. The second kappa shape index (κ2) is 6.76. The van der Waals surface area contributed by atoms with E-state index in [0.29, 0.717) is 13.0 Å². The number of hydrogen-bond donors (Lipinski definition) is 1. The van der Waals surface area contributed by atoms with Crippen LogP contribution in [0.1, 0.15) is 19.8 Å². The number of carbonyl (C=O) groups excluding carboxylic acids is 2. The first-order valence-electron chi connectivity index (χ1n) is 6.76. The fraction of sp³-hybridized carbons (Fsp3) is 0.538. The normalized spacial score (nSPS) is 22.4. The Morgan fingerprint density at radius 1 is 1.45 bits per heavy atom. The molecule has 2 atom stereocenters. The first-order chi connectivity index (χ1) is 10.3. The number of nitrogens with zero attached hydrogens (tertiary/aromatic N) is 1. The van der Waals surface area contributed by atoms with Gasteiger partial charge in [-0.25, -0.2) is 17.9 Å². The van der Waals surface area contributed by atoms with E-state index < -0.39 is 28.1 Å². The van der Waals surface area contributed by atoms with Crippen molar-refractivity contribution in [1.29, 1.82) is 0 Å². The van der Waals surface area contributed by atoms with Crippen molar-refractivity contribution in [3.05, 3.63) is 17.5 Å². The number of esters is 1. The van der Waals surface area contributed by atoms with Gasteiger partial charge in [-0.05, 0) is 24.3 Å². The van der Waals surface area contributed by atoms with Gasteiger partial charge in [0.15, 0.2) is 0 Å². The first kappa shape index (κ1) is 16.9. The molecule has 1 aliphatic heterocycles. The molecule has 1 aliphatic rings. The van der Waals surface area contributed by atoms with Crippen molar-refractivity contribution >= 4 is 33.2 Å². The summed E-state index contributed by atoms with van der Waals surface area (Å²) < 4.78 is 32.0. The van der Waals surface area contributed by atoms with E-state index in [1.165, 1.54) is 25.0 Å². The molecule has 1 aromatic heterocycles. The van der Waals surface area contributed by atoms with E-state index in [0.717, 1.165) is 11.3 Å². The molecule has 1 amide bonds. The summed E-state index contributed by atoms with van der Waals surface area (Å²) in [6.07, 6.45) is 0.661. The quantitative estimate of drug-likeness (QED) is 0.805. The molecule has 0 aliphatic carbocycles. The van der Waals surface area contributed by atoms with Crippen LogP contribution >= 0.6 is 11.3 Å². The smallest absolute Gasteiger partial charge is 0.328 e. The maximum absolute atomic E-state index is 12.2. The summed E-state index contributed by atoms with van der Waals surface area (Å²) in [5.41, 5.74) is 0. The van der Waals surface area contributed by atoms with Crippen LogP contribution in [0.25, 0.3) is 0 Å². The van der Waals surface area contributed by atoms with E-state index in [-0.39, 0.29) is 16.5 Å². The van der Waals surface area contributed by atoms with Crippen molar-refractivity contribution < 1.29 is 22.7 Å². The number of sulfonamides is 1. The van der Waals surface area contributed by atoms with E-state index in [1.807, 2.05) is 0 Å². The lowest BCUT2D eigenvalue weighted by Gasteiger charge is -2.37. The minimum Gasteiger partial charge on any atom is -0.467 e. The fourth-order valence-corrected chi connectivity index (χ4v) is 4.80. The molecule has 7 nitrogen and oxygen atoms in total. The molecule has 122 valence electrons. The van der Waals surface area contributed by atoms with E-state index in [1.54, 1.807) is 11.4 Å². The van der Waals surface area contributed by atoms with Crippen LogP contribution < -0.4 is 4.72 Å². The van der Waals surface area contributed by atoms with Gasteiger partial charge in [-0.1, -0.05) is 6.07 Å². The third-order valence-corrected chi connectivity index (χ3v) is 6.48. The number of amides is 1. The summed E-state index contributed by atoms with van der Waals surface area (Å²) in [7, 11) is -2.35. The highest BCUT2D eigenvalue weighted by Crippen LogP contribution is 2.22. The van der Waals surface area contributed by atoms with Crippen molar-refractivity contribution in [2.45, 2.75) is 36.1 Å². The topological polar surface area (TPSA) is 92.8 Å². The summed E-state index contributed by atoms with van der Waals surface area (Å²) in [6.45, 7) is 1.69. The van der Waals surface area contributed by atoms with Crippen molar-refractivity contribution in [2.24, 2.45) is 0 Å². The molecule has 22 heavy (non-hydrogen) atoms. The molecular weight excluding hydrogens is 328 g/mol. The molecule has 9 heteroatoms. The third-order valence-electron chi connectivity index (χ3n) is 3.56. The number of piperidine rings is 1. The number of nitrogens with one attached hydrogen (secondary N) is 1. The maximum Gasteiger partial charge on any atom is 0.328 e. The lowest BCUT2D eigenvalue weighted by molar-refractivity contribution is -0.154. The predicted octanol–water partition coefficient (Wildman–Crippen LogP) is 0.579. The lowest BCUT2D eigenvalue weighted by Crippen LogP contribution is -2.54. The highest BCUT2D eigenvalue weighted by Gasteiger charge is 2.37. The Labute approximate surface area is 133 Å². The molecule has 1 saturated heterocycles. The molecule has 0 aromatic carbocycles. The predicted molar refractivity (Wildman–Crippen MR) is 80.9 cm³/mol. The zero-order valence-corrected chi connectivity index (χ0v) is 13.9. The van der Waals surface area contributed by atoms with Gasteiger partial charge in [-0.3, -0.25) is 4.79 Å². The SMILES string of the molecule is COC(=O)[C@@H]1C[C@@H](NS(=O)(=O)c2cccs2)CCN1C(C)=O. The van der Waals surface area contributed by atoms with Gasteiger partial charge in [-0.15, -0.1) is 11.3 Å². The highest BCUT2D eigenvalue weighted by molar-refractivity contribution is 7.91. The van der Waals surface area contributed by atoms with E-state index in [9.17, 15) is 18.0 Å². The van der Waals surface area contributed by atoms with Gasteiger partial charge >= 0.3 is 5.97 Å². The molecular formula is C13H18N2O5S2. The second-order valence-corrected chi connectivity index (χ2v) is 7.91. The summed E-state index contributed by atoms with van der Waals surface area (Å²) in [6, 6.07) is 2.02. The zero-order chi connectivity index (χ0) is 16.3. The van der Waals surface area contributed by atoms with Crippen molar-refractivity contribution in [2.75, 3.05) is 13.7 Å². The number of rotatable bonds is 4. The fourth-order valence-electron chi connectivity index (χ4n) is 2.50. The molecule has 1 N–H and O–H groups in total. The van der Waals surface area contributed by atoms with Crippen LogP contribution in [-0.2, 0) is 24.3 Å². The Balaban J connectivity index is 2.11. The Bertz CT molecular complexity index is 641. The van der Waals surface area contributed by atoms with E-state index in [4.69, 9.17) is 4.74 Å². The monoisotopic (exact) mass is 346 g/mol. The molecule has 0 unspecified atom stereocenters. The van der Waals surface area contributed by atoms with Crippen LogP contribution in [0.2, 0.25) is 0 Å². The van der Waals surface area contributed by atoms with Crippen molar-refractivity contribution in [3.63, 3.8) is 0 Å². The standard InChI is InChI=1S/C13H18N2O5S2/c1-9(16)15-6-5-10(8-11(15)13(17)20-2)14-22(18,19)12-4-3-7-21-12/h3-4,7,10-11,14H,5-6,8H2,1-2H3/t10-,11-/m0/s1. The Morgan fingerprint density at radius 2 is 2.18 bits per heavy atom. The van der Waals surface area contributed by atoms with Crippen LogP contribution in [0.3, 0.4) is 0 Å². The number of thiophene rings is 1. The minimum atomic E-state index is -3.60. The van der Waals surface area contributed by atoms with Gasteiger partial charge in [0.25, 0.3) is 0 Å². The van der Waals surface area contributed by atoms with Crippen LogP contribution in [0.15, 0.2) is 21.7 Å². The van der Waals surface area contributed by atoms with Gasteiger partial charge < -0.3 is 9.64 Å². The van der Waals surface area contributed by atoms with E-state index >= 15 is 0 Å². The van der Waals surface area contributed by atoms with Gasteiger partial charge in [0, 0.05) is 19.5 Å². The average Bonchev–Trinajstić information content (AvgIpc) is 3.00. The molecule has 0 bridgehead atoms. The Hall–Kier alpha value is -1.45. The average molecular weight is 346 g/mol. The maximum atomic E-state index is 12.2. The molecule has 0 spiro atoms. The van der Waals surface area contributed by atoms with Gasteiger partial charge in [0.1, 0.15) is 10.3 Å². The number of ether oxygens (including phenoxy) is 1. The minimum absolute atomic E-state index is 0.205. The summed E-state index contributed by atoms with van der Waals surface area (Å²) in [5, 5.41) is 1.68. The van der Waals surface area contributed by atoms with Crippen LogP contribution in [0, 0.1) is 0 Å². The van der Waals surface area contributed by atoms with Gasteiger partial charge in [0.05, 0.1) is 7.11 Å². The molecule has 1 fully saturated rings. The van der Waals surface area contributed by atoms with Gasteiger partial charge in [-0.2, -0.15) is 0 Å². The molecule has 2 heterocycles. The summed E-state index contributed by atoms with van der Waals surface area (Å²) >= 11 is 1.13. The van der Waals surface area contributed by atoms with Crippen molar-refractivity contribution in [3.8, 4) is 0 Å². The number of hydrogen-bond acceptors (Lipinski definition) is 6. The van der Waals surface area contributed by atoms with Gasteiger partial charge in [0.2, 0.25) is 15.9 Å². The molecule has 1 aromatic rings. The summed E-state index contributed by atoms with van der Waals surface area (Å²) in [4.78, 5) is 24.8. The first-order valence-corrected chi connectivity index (χ1v) is 9.12. The van der Waals surface area contributed by atoms with Crippen LogP contribution in [0.4, 0.5) is 0 Å². The molecule has 2 rings (SSSR count). The highest BCUT2D eigenvalue weighted by atomic mass is 32.2. The Morgan fingerprint density at radius 3 is 2.73 bits per heavy atom.